The van der Waals surface area contributed by atoms with E-state index in [1.54, 1.807) is 4.90 Å². The van der Waals surface area contributed by atoms with Gasteiger partial charge in [0.15, 0.2) is 0 Å². The van der Waals surface area contributed by atoms with Gasteiger partial charge in [-0.25, -0.2) is 13.2 Å². The number of carbonyl (C=O) groups excluding carboxylic acids is 5. The lowest BCUT2D eigenvalue weighted by molar-refractivity contribution is -0.144. The number of Topliss-reactive ketones (excluding diaryl/α,β-unsaturated/α-hetero) is 1. The molecule has 2 heterocycles. The van der Waals surface area contributed by atoms with Crippen LogP contribution in [0.25, 0.3) is 0 Å². The normalized spacial score (nSPS) is 25.7. The minimum Gasteiger partial charge on any atom is -0.363 e. The zero-order chi connectivity index (χ0) is 34.5. The van der Waals surface area contributed by atoms with E-state index < -0.39 is 63.2 Å². The van der Waals surface area contributed by atoms with E-state index in [1.165, 1.54) is 4.31 Å². The number of nitrogens with zero attached hydrogens (tertiary/aromatic N) is 2. The summed E-state index contributed by atoms with van der Waals surface area (Å²) in [6.07, 6.45) is 9.40. The maximum absolute atomic E-state index is 14.4. The predicted molar refractivity (Wildman–Crippen MR) is 177 cm³/mol. The number of amides is 5. The summed E-state index contributed by atoms with van der Waals surface area (Å²) in [7, 11) is -3.37. The van der Waals surface area contributed by atoms with Crippen molar-refractivity contribution in [1.29, 1.82) is 0 Å². The van der Waals surface area contributed by atoms with Gasteiger partial charge in [0.1, 0.15) is 12.1 Å². The van der Waals surface area contributed by atoms with Crippen LogP contribution in [0.3, 0.4) is 0 Å². The van der Waals surface area contributed by atoms with Crippen molar-refractivity contribution in [2.75, 3.05) is 25.4 Å². The van der Waals surface area contributed by atoms with Crippen LogP contribution in [0.4, 0.5) is 4.79 Å². The molecule has 4 rings (SSSR count). The number of rotatable bonds is 13. The van der Waals surface area contributed by atoms with Crippen LogP contribution >= 0.6 is 0 Å². The topological polar surface area (TPSA) is 188 Å². The number of sulfonamides is 1. The lowest BCUT2D eigenvalue weighted by atomic mass is 9.80. The molecule has 1 unspecified atom stereocenters. The predicted octanol–water partition coefficient (Wildman–Crippen LogP) is 2.04. The maximum atomic E-state index is 14.4. The van der Waals surface area contributed by atoms with Gasteiger partial charge in [0.25, 0.3) is 5.91 Å². The molecule has 13 nitrogen and oxygen atoms in total. The molecule has 2 aliphatic carbocycles. The van der Waals surface area contributed by atoms with E-state index >= 15 is 0 Å². The zero-order valence-corrected chi connectivity index (χ0v) is 29.4. The summed E-state index contributed by atoms with van der Waals surface area (Å²) in [5.74, 6) is -2.69. The summed E-state index contributed by atoms with van der Waals surface area (Å²) in [5.41, 5.74) is 4.87. The van der Waals surface area contributed by atoms with Crippen molar-refractivity contribution in [3.8, 4) is 0 Å². The molecular weight excluding hydrogens is 624 g/mol. The Kier molecular flexibility index (Phi) is 12.3. The van der Waals surface area contributed by atoms with Gasteiger partial charge in [0, 0.05) is 25.7 Å². The summed E-state index contributed by atoms with van der Waals surface area (Å²) in [6, 6.07) is -3.83. The third-order valence-electron chi connectivity index (χ3n) is 10.9. The largest absolute Gasteiger partial charge is 0.363 e. The van der Waals surface area contributed by atoms with Crippen LogP contribution in [0.1, 0.15) is 105 Å². The molecule has 47 heavy (non-hydrogen) atoms. The smallest absolute Gasteiger partial charge is 0.315 e. The molecule has 0 bridgehead atoms. The highest BCUT2D eigenvalue weighted by Crippen LogP contribution is 2.34. The number of hydrogen-bond acceptors (Lipinski definition) is 7. The van der Waals surface area contributed by atoms with E-state index in [0.717, 1.165) is 51.4 Å². The second-order valence-electron chi connectivity index (χ2n) is 15.2. The Morgan fingerprint density at radius 1 is 0.872 bits per heavy atom. The monoisotopic (exact) mass is 680 g/mol. The van der Waals surface area contributed by atoms with Crippen LogP contribution in [-0.4, -0.2) is 96.7 Å². The minimum absolute atomic E-state index is 0.0929. The lowest BCUT2D eigenvalue weighted by Crippen LogP contribution is -2.61. The summed E-state index contributed by atoms with van der Waals surface area (Å²) in [4.78, 5) is 68.1. The first kappa shape index (κ1) is 37.1. The highest BCUT2D eigenvalue weighted by molar-refractivity contribution is 7.89. The molecule has 5 amide bonds. The molecule has 2 saturated heterocycles. The molecule has 0 spiro atoms. The van der Waals surface area contributed by atoms with Crippen molar-refractivity contribution < 1.29 is 32.4 Å². The number of primary amides is 1. The van der Waals surface area contributed by atoms with Gasteiger partial charge in [-0.15, -0.1) is 0 Å². The number of nitrogens with two attached hydrogens (primary N) is 1. The zero-order valence-electron chi connectivity index (χ0n) is 28.6. The van der Waals surface area contributed by atoms with Gasteiger partial charge in [0.2, 0.25) is 27.6 Å². The van der Waals surface area contributed by atoms with Crippen LogP contribution in [0.5, 0.6) is 0 Å². The molecule has 2 saturated carbocycles. The van der Waals surface area contributed by atoms with Crippen LogP contribution in [0, 0.1) is 23.2 Å². The Morgan fingerprint density at radius 3 is 2.09 bits per heavy atom. The van der Waals surface area contributed by atoms with E-state index in [-0.39, 0.29) is 36.0 Å². The average molecular weight is 681 g/mol. The highest BCUT2D eigenvalue weighted by atomic mass is 32.2. The summed E-state index contributed by atoms with van der Waals surface area (Å²) < 4.78 is 26.5. The van der Waals surface area contributed by atoms with Gasteiger partial charge in [-0.1, -0.05) is 72.6 Å². The van der Waals surface area contributed by atoms with E-state index in [9.17, 15) is 32.4 Å². The van der Waals surface area contributed by atoms with E-state index in [2.05, 4.69) is 16.0 Å². The first-order chi connectivity index (χ1) is 22.1. The molecule has 2 aliphatic heterocycles. The fourth-order valence-electron chi connectivity index (χ4n) is 7.61. The molecule has 5 atom stereocenters. The second-order valence-corrected chi connectivity index (χ2v) is 17.3. The van der Waals surface area contributed by atoms with Gasteiger partial charge < -0.3 is 26.6 Å². The first-order valence-electron chi connectivity index (χ1n) is 17.6. The van der Waals surface area contributed by atoms with Crippen LogP contribution in [0.15, 0.2) is 0 Å². The van der Waals surface area contributed by atoms with Crippen molar-refractivity contribution in [1.82, 2.24) is 25.2 Å². The molecule has 14 heteroatoms. The third kappa shape index (κ3) is 9.24. The molecule has 4 fully saturated rings. The molecule has 266 valence electrons. The number of ketones is 1. The number of likely N-dealkylation sites (tertiary alicyclic amines) is 1. The Bertz CT molecular complexity index is 1270. The van der Waals surface area contributed by atoms with Crippen molar-refractivity contribution in [3.05, 3.63) is 0 Å². The average Bonchev–Trinajstić information content (AvgIpc) is 3.58. The fraction of sp³-hybridized carbons (Fsp3) is 0.848. The SMILES string of the molecule is CC[C@H]1CCN(C(=O)[C@@H](NC(=O)N[C@H](CN2CCCS2(=O)=O)C(C)(C)C)C2CCCCC2)[C@@H]1C(=O)NC(CC1CCC1)C(=O)C(N)=O. The Hall–Kier alpha value is -2.74. The van der Waals surface area contributed by atoms with Gasteiger partial charge in [-0.05, 0) is 55.3 Å². The highest BCUT2D eigenvalue weighted by Gasteiger charge is 2.46. The summed E-state index contributed by atoms with van der Waals surface area (Å²) >= 11 is 0. The van der Waals surface area contributed by atoms with Gasteiger partial charge in [0.05, 0.1) is 11.8 Å². The van der Waals surface area contributed by atoms with Crippen molar-refractivity contribution in [2.45, 2.75) is 129 Å². The molecule has 4 aliphatic rings. The number of carbonyl (C=O) groups is 5. The molecule has 0 aromatic rings. The van der Waals surface area contributed by atoms with Crippen LogP contribution in [0.2, 0.25) is 0 Å². The molecule has 0 aromatic carbocycles. The van der Waals surface area contributed by atoms with Gasteiger partial charge in [-0.2, -0.15) is 4.31 Å². The Balaban J connectivity index is 1.53. The standard InChI is InChI=1S/C33H56N6O7S/c1-5-22-15-17-39(27(22)30(42)35-24(28(40)29(34)41)19-21-11-9-12-21)31(43)26(23-13-7-6-8-14-23)37-32(44)36-25(33(2,3)4)20-38-16-10-18-47(38,45)46/h21-27H,5-20H2,1-4H3,(H2,34,41)(H,35,42)(H2,36,37,44)/t22-,24?,25+,26-,27-/m0/s1. The van der Waals surface area contributed by atoms with E-state index in [1.807, 2.05) is 27.7 Å². The maximum Gasteiger partial charge on any atom is 0.315 e. The van der Waals surface area contributed by atoms with Crippen molar-refractivity contribution in [2.24, 2.45) is 28.9 Å². The molecular formula is C33H56N6O7S. The Labute approximate surface area is 279 Å². The lowest BCUT2D eigenvalue weighted by Gasteiger charge is -2.37. The molecule has 0 aromatic heterocycles. The first-order valence-corrected chi connectivity index (χ1v) is 19.2. The van der Waals surface area contributed by atoms with Crippen LogP contribution < -0.4 is 21.7 Å². The number of nitrogens with one attached hydrogen (secondary N) is 3. The summed E-state index contributed by atoms with van der Waals surface area (Å²) in [5, 5.41) is 8.74. The Morgan fingerprint density at radius 2 is 1.55 bits per heavy atom. The minimum atomic E-state index is -3.37. The number of hydrogen-bond donors (Lipinski definition) is 4. The van der Waals surface area contributed by atoms with Crippen molar-refractivity contribution in [3.63, 3.8) is 0 Å². The van der Waals surface area contributed by atoms with Gasteiger partial charge in [-0.3, -0.25) is 19.2 Å². The molecule has 5 N–H and O–H groups in total. The van der Waals surface area contributed by atoms with Crippen LogP contribution in [-0.2, 0) is 29.2 Å². The molecule has 0 radical (unpaired) electrons. The second kappa shape index (κ2) is 15.7. The quantitative estimate of drug-likeness (QED) is 0.214. The van der Waals surface area contributed by atoms with Crippen molar-refractivity contribution >= 4 is 39.6 Å². The van der Waals surface area contributed by atoms with E-state index in [0.29, 0.717) is 38.8 Å². The number of urea groups is 1. The fourth-order valence-corrected chi connectivity index (χ4v) is 9.15. The van der Waals surface area contributed by atoms with Gasteiger partial charge >= 0.3 is 6.03 Å². The van der Waals surface area contributed by atoms with E-state index in [4.69, 9.17) is 5.73 Å². The third-order valence-corrected chi connectivity index (χ3v) is 12.8. The summed E-state index contributed by atoms with van der Waals surface area (Å²) in [6.45, 7) is 8.63.